The first kappa shape index (κ1) is 18.0. The van der Waals surface area contributed by atoms with Crippen LogP contribution in [0.15, 0.2) is 54.7 Å². The molecule has 0 fully saturated rings. The highest BCUT2D eigenvalue weighted by molar-refractivity contribution is 6.36. The van der Waals surface area contributed by atoms with E-state index in [-0.39, 0.29) is 5.97 Å². The van der Waals surface area contributed by atoms with E-state index in [2.05, 4.69) is 25.3 Å². The third kappa shape index (κ3) is 4.41. The average Bonchev–Trinajstić information content (AvgIpc) is 2.64. The van der Waals surface area contributed by atoms with Gasteiger partial charge in [0.05, 0.1) is 23.4 Å². The van der Waals surface area contributed by atoms with Crippen LogP contribution < -0.4 is 10.6 Å². The van der Waals surface area contributed by atoms with Crippen LogP contribution in [0.2, 0.25) is 10.0 Å². The summed E-state index contributed by atoms with van der Waals surface area (Å²) in [5, 5.41) is 7.23. The number of anilines is 4. The summed E-state index contributed by atoms with van der Waals surface area (Å²) >= 11 is 12.1. The van der Waals surface area contributed by atoms with Gasteiger partial charge in [-0.1, -0.05) is 23.2 Å². The molecule has 0 aliphatic heterocycles. The quantitative estimate of drug-likeness (QED) is 0.595. The Labute approximate surface area is 160 Å². The van der Waals surface area contributed by atoms with Crippen molar-refractivity contribution >= 4 is 52.3 Å². The van der Waals surface area contributed by atoms with Gasteiger partial charge in [0.25, 0.3) is 0 Å². The Morgan fingerprint density at radius 2 is 1.81 bits per heavy atom. The smallest absolute Gasteiger partial charge is 0.337 e. The SMILES string of the molecule is COC(=O)c1ccc(Nc2nccc(Nc3ccc(Cl)cc3Cl)n2)cc1. The number of nitrogens with zero attached hydrogens (tertiary/aromatic N) is 2. The van der Waals surface area contributed by atoms with Crippen LogP contribution >= 0.6 is 23.2 Å². The molecule has 0 amide bonds. The van der Waals surface area contributed by atoms with E-state index in [0.29, 0.717) is 33.1 Å². The van der Waals surface area contributed by atoms with Gasteiger partial charge in [-0.05, 0) is 48.5 Å². The van der Waals surface area contributed by atoms with Gasteiger partial charge in [0.15, 0.2) is 0 Å². The summed E-state index contributed by atoms with van der Waals surface area (Å²) in [4.78, 5) is 20.0. The van der Waals surface area contributed by atoms with E-state index in [1.54, 1.807) is 54.7 Å². The highest BCUT2D eigenvalue weighted by Gasteiger charge is 2.07. The minimum absolute atomic E-state index is 0.390. The number of hydrogen-bond donors (Lipinski definition) is 2. The minimum atomic E-state index is -0.390. The van der Waals surface area contributed by atoms with Crippen molar-refractivity contribution in [3.8, 4) is 0 Å². The standard InChI is InChI=1S/C18H14Cl2N4O2/c1-26-17(25)11-2-5-13(6-3-11)22-18-21-9-8-16(24-18)23-15-7-4-12(19)10-14(15)20/h2-10H,1H3,(H2,21,22,23,24). The number of rotatable bonds is 5. The number of aromatic nitrogens is 2. The lowest BCUT2D eigenvalue weighted by molar-refractivity contribution is 0.0601. The maximum Gasteiger partial charge on any atom is 0.337 e. The van der Waals surface area contributed by atoms with Gasteiger partial charge in [-0.15, -0.1) is 0 Å². The van der Waals surface area contributed by atoms with Crippen molar-refractivity contribution < 1.29 is 9.53 Å². The van der Waals surface area contributed by atoms with E-state index in [1.807, 2.05) is 0 Å². The van der Waals surface area contributed by atoms with Crippen molar-refractivity contribution in [2.24, 2.45) is 0 Å². The van der Waals surface area contributed by atoms with Crippen molar-refractivity contribution in [1.29, 1.82) is 0 Å². The third-order valence-electron chi connectivity index (χ3n) is 3.41. The lowest BCUT2D eigenvalue weighted by Crippen LogP contribution is -2.02. The third-order valence-corrected chi connectivity index (χ3v) is 3.96. The summed E-state index contributed by atoms with van der Waals surface area (Å²) in [6, 6.07) is 13.7. The first-order valence-corrected chi connectivity index (χ1v) is 8.31. The van der Waals surface area contributed by atoms with E-state index in [0.717, 1.165) is 5.69 Å². The van der Waals surface area contributed by atoms with E-state index in [1.165, 1.54) is 7.11 Å². The predicted molar refractivity (Wildman–Crippen MR) is 103 cm³/mol. The summed E-state index contributed by atoms with van der Waals surface area (Å²) in [6.45, 7) is 0. The van der Waals surface area contributed by atoms with Crippen LogP contribution in [0.3, 0.4) is 0 Å². The number of methoxy groups -OCH3 is 1. The van der Waals surface area contributed by atoms with Gasteiger partial charge in [-0.25, -0.2) is 9.78 Å². The number of carbonyl (C=O) groups is 1. The Morgan fingerprint density at radius 1 is 1.04 bits per heavy atom. The molecular formula is C18H14Cl2N4O2. The zero-order valence-electron chi connectivity index (χ0n) is 13.7. The number of carbonyl (C=O) groups excluding carboxylic acids is 1. The lowest BCUT2D eigenvalue weighted by atomic mass is 10.2. The van der Waals surface area contributed by atoms with Crippen LogP contribution in [0.25, 0.3) is 0 Å². The second-order valence-electron chi connectivity index (χ2n) is 5.21. The molecule has 1 heterocycles. The molecule has 0 bridgehead atoms. The molecule has 0 radical (unpaired) electrons. The molecule has 3 rings (SSSR count). The molecule has 2 N–H and O–H groups in total. The van der Waals surface area contributed by atoms with Gasteiger partial charge in [0, 0.05) is 16.9 Å². The van der Waals surface area contributed by atoms with Crippen LogP contribution in [0.5, 0.6) is 0 Å². The molecule has 0 atom stereocenters. The zero-order chi connectivity index (χ0) is 18.5. The topological polar surface area (TPSA) is 76.1 Å². The largest absolute Gasteiger partial charge is 0.465 e. The van der Waals surface area contributed by atoms with Crippen LogP contribution in [-0.2, 0) is 4.74 Å². The first-order valence-electron chi connectivity index (χ1n) is 7.55. The van der Waals surface area contributed by atoms with Gasteiger partial charge < -0.3 is 15.4 Å². The summed E-state index contributed by atoms with van der Waals surface area (Å²) < 4.78 is 4.67. The molecule has 0 unspecified atom stereocenters. The lowest BCUT2D eigenvalue weighted by Gasteiger charge is -2.10. The predicted octanol–water partition coefficient (Wildman–Crippen LogP) is 5.06. The summed E-state index contributed by atoms with van der Waals surface area (Å²) in [5.74, 6) is 0.572. The molecule has 132 valence electrons. The highest BCUT2D eigenvalue weighted by Crippen LogP contribution is 2.28. The summed E-state index contributed by atoms with van der Waals surface area (Å²) in [6.07, 6.45) is 1.62. The van der Waals surface area contributed by atoms with Crippen LogP contribution in [0, 0.1) is 0 Å². The molecule has 26 heavy (non-hydrogen) atoms. The molecular weight excluding hydrogens is 375 g/mol. The monoisotopic (exact) mass is 388 g/mol. The zero-order valence-corrected chi connectivity index (χ0v) is 15.2. The van der Waals surface area contributed by atoms with Gasteiger partial charge in [-0.2, -0.15) is 4.98 Å². The molecule has 0 spiro atoms. The maximum atomic E-state index is 11.5. The number of esters is 1. The molecule has 3 aromatic rings. The fraction of sp³-hybridized carbons (Fsp3) is 0.0556. The van der Waals surface area contributed by atoms with Crippen LogP contribution in [-0.4, -0.2) is 23.0 Å². The molecule has 0 saturated heterocycles. The maximum absolute atomic E-state index is 11.5. The first-order chi connectivity index (χ1) is 12.5. The molecule has 1 aromatic heterocycles. The van der Waals surface area contributed by atoms with Crippen LogP contribution in [0.1, 0.15) is 10.4 Å². The number of nitrogens with one attached hydrogen (secondary N) is 2. The average molecular weight is 389 g/mol. The summed E-state index contributed by atoms with van der Waals surface area (Å²) in [7, 11) is 1.34. The van der Waals surface area contributed by atoms with Gasteiger partial charge >= 0.3 is 5.97 Å². The number of halogens is 2. The number of ether oxygens (including phenoxy) is 1. The normalized spacial score (nSPS) is 10.3. The molecule has 0 aliphatic carbocycles. The Morgan fingerprint density at radius 3 is 2.50 bits per heavy atom. The molecule has 2 aromatic carbocycles. The minimum Gasteiger partial charge on any atom is -0.465 e. The Kier molecular flexibility index (Phi) is 5.55. The molecule has 0 saturated carbocycles. The second-order valence-corrected chi connectivity index (χ2v) is 6.05. The van der Waals surface area contributed by atoms with E-state index >= 15 is 0 Å². The van der Waals surface area contributed by atoms with Crippen molar-refractivity contribution in [3.05, 3.63) is 70.3 Å². The van der Waals surface area contributed by atoms with E-state index in [4.69, 9.17) is 23.2 Å². The fourth-order valence-electron chi connectivity index (χ4n) is 2.15. The van der Waals surface area contributed by atoms with Crippen LogP contribution in [0.4, 0.5) is 23.1 Å². The van der Waals surface area contributed by atoms with Crippen molar-refractivity contribution in [3.63, 3.8) is 0 Å². The van der Waals surface area contributed by atoms with E-state index in [9.17, 15) is 4.79 Å². The second kappa shape index (κ2) is 8.03. The molecule has 6 nitrogen and oxygen atoms in total. The molecule has 8 heteroatoms. The Hall–Kier alpha value is -2.83. The van der Waals surface area contributed by atoms with Crippen molar-refractivity contribution in [1.82, 2.24) is 9.97 Å². The van der Waals surface area contributed by atoms with Crippen molar-refractivity contribution in [2.45, 2.75) is 0 Å². The van der Waals surface area contributed by atoms with Gasteiger partial charge in [-0.3, -0.25) is 0 Å². The van der Waals surface area contributed by atoms with Crippen molar-refractivity contribution in [2.75, 3.05) is 17.7 Å². The number of benzene rings is 2. The molecule has 0 aliphatic rings. The number of hydrogen-bond acceptors (Lipinski definition) is 6. The van der Waals surface area contributed by atoms with Gasteiger partial charge in [0.1, 0.15) is 5.82 Å². The van der Waals surface area contributed by atoms with Gasteiger partial charge in [0.2, 0.25) is 5.95 Å². The summed E-state index contributed by atoms with van der Waals surface area (Å²) in [5.41, 5.74) is 1.88. The Balaban J connectivity index is 1.74. The fourth-order valence-corrected chi connectivity index (χ4v) is 2.61. The van der Waals surface area contributed by atoms with E-state index < -0.39 is 0 Å². The highest BCUT2D eigenvalue weighted by atomic mass is 35.5. The Bertz CT molecular complexity index is 933.